The molecule has 0 spiro atoms. The number of thiol groups is 1. The Labute approximate surface area is 87.9 Å². The van der Waals surface area contributed by atoms with Gasteiger partial charge in [-0.2, -0.15) is 12.6 Å². The number of amides is 1. The third kappa shape index (κ3) is 3.38. The van der Waals surface area contributed by atoms with Gasteiger partial charge in [-0.3, -0.25) is 4.79 Å². The molecule has 0 aromatic heterocycles. The SMILES string of the molecule is O=C(CS)NCCc1ccccc1F. The number of rotatable bonds is 4. The largest absolute Gasteiger partial charge is 0.355 e. The standard InChI is InChI=1S/C10H12FNOS/c11-9-4-2-1-3-8(9)5-6-12-10(13)7-14/h1-4,14H,5-7H2,(H,12,13). The number of carbonyl (C=O) groups is 1. The predicted molar refractivity (Wildman–Crippen MR) is 57.0 cm³/mol. The van der Waals surface area contributed by atoms with Crippen molar-refractivity contribution in [2.24, 2.45) is 0 Å². The van der Waals surface area contributed by atoms with Crippen LogP contribution in [0.2, 0.25) is 0 Å². The zero-order valence-corrected chi connectivity index (χ0v) is 8.56. The van der Waals surface area contributed by atoms with Gasteiger partial charge in [-0.05, 0) is 18.1 Å². The van der Waals surface area contributed by atoms with Gasteiger partial charge in [0.2, 0.25) is 5.91 Å². The number of halogens is 1. The minimum atomic E-state index is -0.229. The summed E-state index contributed by atoms with van der Waals surface area (Å²) in [5.74, 6) is -0.200. The van der Waals surface area contributed by atoms with Crippen molar-refractivity contribution in [2.75, 3.05) is 12.3 Å². The molecule has 0 saturated carbocycles. The average Bonchev–Trinajstić information content (AvgIpc) is 2.20. The Morgan fingerprint density at radius 2 is 2.14 bits per heavy atom. The molecule has 1 N–H and O–H groups in total. The highest BCUT2D eigenvalue weighted by molar-refractivity contribution is 7.81. The first kappa shape index (κ1) is 11.0. The van der Waals surface area contributed by atoms with Crippen molar-refractivity contribution in [1.29, 1.82) is 0 Å². The van der Waals surface area contributed by atoms with E-state index in [1.807, 2.05) is 0 Å². The van der Waals surface area contributed by atoms with Gasteiger partial charge >= 0.3 is 0 Å². The van der Waals surface area contributed by atoms with Gasteiger partial charge in [-0.1, -0.05) is 18.2 Å². The van der Waals surface area contributed by atoms with Crippen molar-refractivity contribution in [2.45, 2.75) is 6.42 Å². The molecule has 2 nitrogen and oxygen atoms in total. The van der Waals surface area contributed by atoms with E-state index in [1.165, 1.54) is 6.07 Å². The third-order valence-corrected chi connectivity index (χ3v) is 2.11. The Morgan fingerprint density at radius 3 is 2.79 bits per heavy atom. The van der Waals surface area contributed by atoms with Crippen molar-refractivity contribution < 1.29 is 9.18 Å². The first-order chi connectivity index (χ1) is 6.74. The zero-order chi connectivity index (χ0) is 10.4. The van der Waals surface area contributed by atoms with Crippen LogP contribution >= 0.6 is 12.6 Å². The molecule has 0 radical (unpaired) electrons. The fourth-order valence-corrected chi connectivity index (χ4v) is 1.21. The van der Waals surface area contributed by atoms with Gasteiger partial charge in [0, 0.05) is 6.54 Å². The molecule has 0 unspecified atom stereocenters. The molecule has 0 aliphatic rings. The molecule has 4 heteroatoms. The minimum absolute atomic E-state index is 0.135. The maximum Gasteiger partial charge on any atom is 0.229 e. The highest BCUT2D eigenvalue weighted by Crippen LogP contribution is 2.05. The molecular weight excluding hydrogens is 201 g/mol. The van der Waals surface area contributed by atoms with Gasteiger partial charge in [-0.15, -0.1) is 0 Å². The second-order valence-corrected chi connectivity index (χ2v) is 3.17. The first-order valence-electron chi connectivity index (χ1n) is 4.35. The third-order valence-electron chi connectivity index (χ3n) is 1.82. The molecule has 0 saturated heterocycles. The molecule has 0 bridgehead atoms. The summed E-state index contributed by atoms with van der Waals surface area (Å²) in [6.07, 6.45) is 0.506. The quantitative estimate of drug-likeness (QED) is 0.728. The number of nitrogens with one attached hydrogen (secondary N) is 1. The molecule has 0 aliphatic carbocycles. The Bertz CT molecular complexity index is 317. The van der Waals surface area contributed by atoms with Crippen LogP contribution in [0, 0.1) is 5.82 Å². The molecule has 1 amide bonds. The minimum Gasteiger partial charge on any atom is -0.355 e. The average molecular weight is 213 g/mol. The molecular formula is C10H12FNOS. The highest BCUT2D eigenvalue weighted by Gasteiger charge is 2.01. The van der Waals surface area contributed by atoms with Crippen molar-refractivity contribution in [1.82, 2.24) is 5.32 Å². The summed E-state index contributed by atoms with van der Waals surface area (Å²) in [6.45, 7) is 0.445. The summed E-state index contributed by atoms with van der Waals surface area (Å²) in [7, 11) is 0. The molecule has 0 aliphatic heterocycles. The molecule has 0 atom stereocenters. The van der Waals surface area contributed by atoms with E-state index in [9.17, 15) is 9.18 Å². The van der Waals surface area contributed by atoms with Crippen molar-refractivity contribution in [3.8, 4) is 0 Å². The number of carbonyl (C=O) groups excluding carboxylic acids is 1. The van der Waals surface area contributed by atoms with E-state index in [0.717, 1.165) is 0 Å². The van der Waals surface area contributed by atoms with Gasteiger partial charge in [0.25, 0.3) is 0 Å². The van der Waals surface area contributed by atoms with Crippen molar-refractivity contribution >= 4 is 18.5 Å². The molecule has 0 heterocycles. The van der Waals surface area contributed by atoms with Crippen LogP contribution in [0.3, 0.4) is 0 Å². The van der Waals surface area contributed by atoms with Crippen LogP contribution in [0.15, 0.2) is 24.3 Å². The Morgan fingerprint density at radius 1 is 1.43 bits per heavy atom. The summed E-state index contributed by atoms with van der Waals surface area (Å²) in [5.41, 5.74) is 0.618. The highest BCUT2D eigenvalue weighted by atomic mass is 32.1. The summed E-state index contributed by atoms with van der Waals surface area (Å²) in [6, 6.07) is 6.54. The maximum atomic E-state index is 13.1. The zero-order valence-electron chi connectivity index (χ0n) is 7.66. The van der Waals surface area contributed by atoms with Gasteiger partial charge in [-0.25, -0.2) is 4.39 Å². The topological polar surface area (TPSA) is 29.1 Å². The molecule has 1 aromatic carbocycles. The maximum absolute atomic E-state index is 13.1. The van der Waals surface area contributed by atoms with Gasteiger partial charge in [0.05, 0.1) is 5.75 Å². The van der Waals surface area contributed by atoms with E-state index in [-0.39, 0.29) is 17.5 Å². The monoisotopic (exact) mass is 213 g/mol. The second-order valence-electron chi connectivity index (χ2n) is 2.85. The lowest BCUT2D eigenvalue weighted by Crippen LogP contribution is -2.26. The van der Waals surface area contributed by atoms with Gasteiger partial charge < -0.3 is 5.32 Å². The van der Waals surface area contributed by atoms with Crippen LogP contribution in [-0.4, -0.2) is 18.2 Å². The lowest BCUT2D eigenvalue weighted by atomic mass is 10.1. The van der Waals surface area contributed by atoms with Crippen LogP contribution < -0.4 is 5.32 Å². The van der Waals surface area contributed by atoms with Crippen LogP contribution in [0.5, 0.6) is 0 Å². The van der Waals surface area contributed by atoms with Gasteiger partial charge in [0.1, 0.15) is 5.82 Å². The van der Waals surface area contributed by atoms with E-state index < -0.39 is 0 Å². The molecule has 1 rings (SSSR count). The van der Waals surface area contributed by atoms with E-state index >= 15 is 0 Å². The summed E-state index contributed by atoms with van der Waals surface area (Å²) < 4.78 is 13.1. The van der Waals surface area contributed by atoms with E-state index in [4.69, 9.17) is 0 Å². The second kappa shape index (κ2) is 5.65. The fraction of sp³-hybridized carbons (Fsp3) is 0.300. The van der Waals surface area contributed by atoms with Crippen LogP contribution in [-0.2, 0) is 11.2 Å². The van der Waals surface area contributed by atoms with Crippen LogP contribution in [0.4, 0.5) is 4.39 Å². The van der Waals surface area contributed by atoms with Crippen molar-refractivity contribution in [3.05, 3.63) is 35.6 Å². The summed E-state index contributed by atoms with van der Waals surface area (Å²) in [4.78, 5) is 10.8. The number of hydrogen-bond donors (Lipinski definition) is 2. The smallest absolute Gasteiger partial charge is 0.229 e. The molecule has 76 valence electrons. The fourth-order valence-electron chi connectivity index (χ4n) is 1.09. The van der Waals surface area contributed by atoms with E-state index in [0.29, 0.717) is 18.5 Å². The lowest BCUT2D eigenvalue weighted by Gasteiger charge is -2.04. The Kier molecular flexibility index (Phi) is 4.46. The Hall–Kier alpha value is -1.03. The van der Waals surface area contributed by atoms with Crippen molar-refractivity contribution in [3.63, 3.8) is 0 Å². The summed E-state index contributed by atoms with van der Waals surface area (Å²) in [5, 5.41) is 2.63. The lowest BCUT2D eigenvalue weighted by molar-refractivity contribution is -0.118. The molecule has 14 heavy (non-hydrogen) atoms. The van der Waals surface area contributed by atoms with Crippen LogP contribution in [0.1, 0.15) is 5.56 Å². The first-order valence-corrected chi connectivity index (χ1v) is 4.98. The van der Waals surface area contributed by atoms with Crippen LogP contribution in [0.25, 0.3) is 0 Å². The predicted octanol–water partition coefficient (Wildman–Crippen LogP) is 1.41. The number of benzene rings is 1. The van der Waals surface area contributed by atoms with E-state index in [1.54, 1.807) is 18.2 Å². The molecule has 0 fully saturated rings. The van der Waals surface area contributed by atoms with E-state index in [2.05, 4.69) is 17.9 Å². The number of hydrogen-bond acceptors (Lipinski definition) is 2. The summed E-state index contributed by atoms with van der Waals surface area (Å²) >= 11 is 3.81. The Balaban J connectivity index is 2.39. The normalized spacial score (nSPS) is 9.86. The molecule has 1 aromatic rings. The van der Waals surface area contributed by atoms with Gasteiger partial charge in [0.15, 0.2) is 0 Å².